The maximum Gasteiger partial charge on any atom is 0.417 e. The van der Waals surface area contributed by atoms with Gasteiger partial charge in [0.2, 0.25) is 11.6 Å². The van der Waals surface area contributed by atoms with Gasteiger partial charge in [0, 0.05) is 11.8 Å². The highest BCUT2D eigenvalue weighted by Crippen LogP contribution is 2.35. The fourth-order valence-electron chi connectivity index (χ4n) is 3.14. The van der Waals surface area contributed by atoms with E-state index in [-0.39, 0.29) is 11.6 Å². The molecular formula is C21H13ClF3N7O3. The Morgan fingerprint density at radius 3 is 2.43 bits per heavy atom. The first-order chi connectivity index (χ1) is 16.6. The molecule has 2 aromatic carbocycles. The molecule has 0 aliphatic heterocycles. The zero-order valence-corrected chi connectivity index (χ0v) is 18.1. The third kappa shape index (κ3) is 5.04. The average molecular weight is 504 g/mol. The van der Waals surface area contributed by atoms with Crippen molar-refractivity contribution >= 4 is 51.4 Å². The van der Waals surface area contributed by atoms with Crippen LogP contribution in [0.25, 0.3) is 10.8 Å². The molecular weight excluding hydrogens is 491 g/mol. The van der Waals surface area contributed by atoms with Crippen molar-refractivity contribution in [3.63, 3.8) is 0 Å². The molecule has 0 bridgehead atoms. The summed E-state index contributed by atoms with van der Waals surface area (Å²) in [5, 5.41) is 15.2. The topological polar surface area (TPSA) is 135 Å². The summed E-state index contributed by atoms with van der Waals surface area (Å²) in [7, 11) is 0. The number of fused-ring (bicyclic) bond motifs is 1. The largest absolute Gasteiger partial charge is 0.417 e. The summed E-state index contributed by atoms with van der Waals surface area (Å²) in [5.41, 5.74) is 3.26. The van der Waals surface area contributed by atoms with Gasteiger partial charge in [0.05, 0.1) is 15.5 Å². The van der Waals surface area contributed by atoms with Gasteiger partial charge in [-0.05, 0) is 22.9 Å². The number of nitro groups is 1. The fourth-order valence-corrected chi connectivity index (χ4v) is 3.35. The number of carbonyl (C=O) groups excluding carboxylic acids is 1. The van der Waals surface area contributed by atoms with Crippen LogP contribution in [0, 0.1) is 10.1 Å². The van der Waals surface area contributed by atoms with Gasteiger partial charge in [-0.3, -0.25) is 25.8 Å². The molecule has 0 radical (unpaired) electrons. The third-order valence-corrected chi connectivity index (χ3v) is 5.03. The molecule has 0 atom stereocenters. The van der Waals surface area contributed by atoms with Gasteiger partial charge in [-0.15, -0.1) is 0 Å². The van der Waals surface area contributed by atoms with E-state index in [1.54, 1.807) is 24.3 Å². The Bertz CT molecular complexity index is 1440. The number of aromatic nitrogens is 3. The number of anilines is 3. The average Bonchev–Trinajstić information content (AvgIpc) is 2.82. The lowest BCUT2D eigenvalue weighted by atomic mass is 10.0. The van der Waals surface area contributed by atoms with Crippen LogP contribution in [0.4, 0.5) is 36.3 Å². The van der Waals surface area contributed by atoms with E-state index in [1.807, 2.05) is 18.2 Å². The predicted octanol–water partition coefficient (Wildman–Crippen LogP) is 5.11. The quantitative estimate of drug-likeness (QED) is 0.244. The molecule has 1 amide bonds. The molecule has 0 aliphatic rings. The second kappa shape index (κ2) is 9.38. The van der Waals surface area contributed by atoms with E-state index in [2.05, 4.69) is 31.1 Å². The highest BCUT2D eigenvalue weighted by Gasteiger charge is 2.32. The molecule has 0 aliphatic carbocycles. The maximum atomic E-state index is 12.8. The van der Waals surface area contributed by atoms with Crippen molar-refractivity contribution in [2.75, 3.05) is 10.7 Å². The monoisotopic (exact) mass is 503 g/mol. The molecule has 4 rings (SSSR count). The number of benzene rings is 2. The molecule has 35 heavy (non-hydrogen) atoms. The molecule has 2 heterocycles. The van der Waals surface area contributed by atoms with Gasteiger partial charge < -0.3 is 5.32 Å². The number of nitrogens with one attached hydrogen (secondary N) is 3. The summed E-state index contributed by atoms with van der Waals surface area (Å²) in [5.74, 6) is -1.69. The van der Waals surface area contributed by atoms with E-state index in [4.69, 9.17) is 11.6 Å². The van der Waals surface area contributed by atoms with Crippen molar-refractivity contribution in [1.82, 2.24) is 20.4 Å². The standard InChI is InChI=1S/C21H13ClF3N7O3/c22-15-8-12(21(23,24)25)9-26-17(15)29-18-16(32(34)35)19(28-10-27-18)30-31-20(33)14-7-3-5-11-4-1-2-6-13(11)14/h1-10H,(H,31,33)(H2,26,27,28,29,30). The number of rotatable bonds is 6. The van der Waals surface area contributed by atoms with Gasteiger partial charge in [-0.1, -0.05) is 48.0 Å². The number of halogens is 4. The number of hydrogen-bond acceptors (Lipinski definition) is 8. The van der Waals surface area contributed by atoms with Crippen molar-refractivity contribution in [2.45, 2.75) is 6.18 Å². The Hall–Kier alpha value is -4.52. The summed E-state index contributed by atoms with van der Waals surface area (Å²) in [6.45, 7) is 0. The highest BCUT2D eigenvalue weighted by molar-refractivity contribution is 6.33. The molecule has 0 saturated heterocycles. The molecule has 0 unspecified atom stereocenters. The highest BCUT2D eigenvalue weighted by atomic mass is 35.5. The first kappa shape index (κ1) is 23.6. The van der Waals surface area contributed by atoms with Crippen LogP contribution in [0.2, 0.25) is 5.02 Å². The van der Waals surface area contributed by atoms with Crippen molar-refractivity contribution in [3.8, 4) is 0 Å². The number of alkyl halides is 3. The first-order valence-electron chi connectivity index (χ1n) is 9.68. The van der Waals surface area contributed by atoms with Crippen LogP contribution in [0.15, 0.2) is 61.1 Å². The lowest BCUT2D eigenvalue weighted by molar-refractivity contribution is -0.383. The zero-order chi connectivity index (χ0) is 25.2. The fraction of sp³-hybridized carbons (Fsp3) is 0.0476. The lowest BCUT2D eigenvalue weighted by Crippen LogP contribution is -2.30. The number of amides is 1. The van der Waals surface area contributed by atoms with E-state index < -0.39 is 39.1 Å². The van der Waals surface area contributed by atoms with Crippen molar-refractivity contribution in [2.24, 2.45) is 0 Å². The van der Waals surface area contributed by atoms with E-state index in [0.717, 1.165) is 11.7 Å². The number of carbonyl (C=O) groups is 1. The molecule has 10 nitrogen and oxygen atoms in total. The molecule has 178 valence electrons. The Labute approximate surface area is 199 Å². The van der Waals surface area contributed by atoms with Crippen LogP contribution < -0.4 is 16.2 Å². The Morgan fingerprint density at radius 1 is 1.00 bits per heavy atom. The van der Waals surface area contributed by atoms with E-state index in [9.17, 15) is 28.1 Å². The predicted molar refractivity (Wildman–Crippen MR) is 121 cm³/mol. The minimum atomic E-state index is -4.67. The van der Waals surface area contributed by atoms with Crippen molar-refractivity contribution in [3.05, 3.63) is 87.3 Å². The van der Waals surface area contributed by atoms with Crippen LogP contribution in [0.3, 0.4) is 0 Å². The summed E-state index contributed by atoms with van der Waals surface area (Å²) >= 11 is 5.86. The smallest absolute Gasteiger partial charge is 0.318 e. The third-order valence-electron chi connectivity index (χ3n) is 4.74. The van der Waals surface area contributed by atoms with Crippen LogP contribution in [0.1, 0.15) is 15.9 Å². The molecule has 0 fully saturated rings. The van der Waals surface area contributed by atoms with E-state index >= 15 is 0 Å². The Morgan fingerprint density at radius 2 is 1.71 bits per heavy atom. The number of hydrazine groups is 1. The van der Waals surface area contributed by atoms with Crippen LogP contribution in [-0.2, 0) is 6.18 Å². The van der Waals surface area contributed by atoms with Gasteiger partial charge in [-0.25, -0.2) is 15.0 Å². The summed E-state index contributed by atoms with van der Waals surface area (Å²) < 4.78 is 38.5. The molecule has 4 aromatic rings. The first-order valence-corrected chi connectivity index (χ1v) is 10.1. The number of nitrogens with zero attached hydrogens (tertiary/aromatic N) is 4. The van der Waals surface area contributed by atoms with Crippen LogP contribution >= 0.6 is 11.6 Å². The molecule has 0 spiro atoms. The van der Waals surface area contributed by atoms with Gasteiger partial charge >= 0.3 is 11.9 Å². The minimum Gasteiger partial charge on any atom is -0.318 e. The number of hydrogen-bond donors (Lipinski definition) is 3. The van der Waals surface area contributed by atoms with Gasteiger partial charge in [0.15, 0.2) is 5.82 Å². The minimum absolute atomic E-state index is 0.299. The summed E-state index contributed by atoms with van der Waals surface area (Å²) in [6, 6.07) is 12.9. The molecule has 14 heteroatoms. The summed E-state index contributed by atoms with van der Waals surface area (Å²) in [6.07, 6.45) is -3.21. The van der Waals surface area contributed by atoms with Crippen LogP contribution in [-0.4, -0.2) is 25.8 Å². The maximum absolute atomic E-state index is 12.8. The SMILES string of the molecule is O=C(NNc1ncnc(Nc2ncc(C(F)(F)F)cc2Cl)c1[N+](=O)[O-])c1cccc2ccccc12. The Balaban J connectivity index is 1.59. The summed E-state index contributed by atoms with van der Waals surface area (Å²) in [4.78, 5) is 34.7. The van der Waals surface area contributed by atoms with E-state index in [1.165, 1.54) is 0 Å². The Kier molecular flexibility index (Phi) is 6.34. The van der Waals surface area contributed by atoms with Crippen molar-refractivity contribution < 1.29 is 22.9 Å². The van der Waals surface area contributed by atoms with E-state index in [0.29, 0.717) is 23.2 Å². The van der Waals surface area contributed by atoms with Gasteiger partial charge in [-0.2, -0.15) is 13.2 Å². The molecule has 3 N–H and O–H groups in total. The second-order valence-electron chi connectivity index (χ2n) is 6.96. The molecule has 2 aromatic heterocycles. The molecule has 0 saturated carbocycles. The van der Waals surface area contributed by atoms with Crippen molar-refractivity contribution in [1.29, 1.82) is 0 Å². The normalized spacial score (nSPS) is 11.2. The lowest BCUT2D eigenvalue weighted by Gasteiger charge is -2.13. The zero-order valence-electron chi connectivity index (χ0n) is 17.3. The number of pyridine rings is 1. The van der Waals surface area contributed by atoms with Gasteiger partial charge in [0.25, 0.3) is 5.91 Å². The van der Waals surface area contributed by atoms with Crippen LogP contribution in [0.5, 0.6) is 0 Å². The van der Waals surface area contributed by atoms with Gasteiger partial charge in [0.1, 0.15) is 6.33 Å². The second-order valence-corrected chi connectivity index (χ2v) is 7.37.